The molecule has 1 aromatic carbocycles. The van der Waals surface area contributed by atoms with Crippen LogP contribution in [0.4, 0.5) is 5.69 Å². The van der Waals surface area contributed by atoms with Crippen molar-refractivity contribution in [3.8, 4) is 0 Å². The molecule has 2 N–H and O–H groups in total. The van der Waals surface area contributed by atoms with E-state index in [4.69, 9.17) is 4.74 Å². The van der Waals surface area contributed by atoms with Crippen molar-refractivity contribution in [3.05, 3.63) is 29.8 Å². The second-order valence-electron chi connectivity index (χ2n) is 6.08. The molecule has 2 aliphatic rings. The Morgan fingerprint density at radius 3 is 2.83 bits per heavy atom. The van der Waals surface area contributed by atoms with Crippen LogP contribution >= 0.6 is 0 Å². The van der Waals surface area contributed by atoms with Crippen molar-refractivity contribution in [2.24, 2.45) is 0 Å². The minimum atomic E-state index is -0.662. The molecule has 0 radical (unpaired) electrons. The summed E-state index contributed by atoms with van der Waals surface area (Å²) in [5.41, 5.74) is 0.708. The molecule has 0 bridgehead atoms. The van der Waals surface area contributed by atoms with E-state index in [0.29, 0.717) is 31.6 Å². The smallest absolute Gasteiger partial charge is 0.325 e. The molecule has 1 fully saturated rings. The molecule has 1 saturated heterocycles. The molecule has 3 rings (SSSR count). The van der Waals surface area contributed by atoms with E-state index in [-0.39, 0.29) is 24.8 Å². The first-order valence-corrected chi connectivity index (χ1v) is 8.16. The molecule has 1 atom stereocenters. The monoisotopic (exact) mass is 331 g/mol. The number of rotatable bonds is 3. The number of esters is 1. The first-order valence-electron chi connectivity index (χ1n) is 8.16. The Hall–Kier alpha value is -2.57. The fraction of sp³-hybridized carbons (Fsp3) is 0.471. The molecule has 0 unspecified atom stereocenters. The molecular weight excluding hydrogens is 310 g/mol. The van der Waals surface area contributed by atoms with Gasteiger partial charge in [-0.25, -0.2) is 0 Å². The number of carbonyl (C=O) groups excluding carboxylic acids is 3. The third kappa shape index (κ3) is 3.20. The highest BCUT2D eigenvalue weighted by Gasteiger charge is 2.40. The Morgan fingerprint density at radius 1 is 1.25 bits per heavy atom. The third-order valence-electron chi connectivity index (χ3n) is 4.45. The van der Waals surface area contributed by atoms with Crippen LogP contribution in [0, 0.1) is 0 Å². The predicted molar refractivity (Wildman–Crippen MR) is 87.3 cm³/mol. The molecule has 0 aliphatic carbocycles. The maximum absolute atomic E-state index is 12.4. The van der Waals surface area contributed by atoms with E-state index in [9.17, 15) is 14.4 Å². The summed E-state index contributed by atoms with van der Waals surface area (Å²) in [4.78, 5) is 37.8. The van der Waals surface area contributed by atoms with Gasteiger partial charge in [-0.05, 0) is 25.5 Å². The molecule has 2 amide bonds. The number of nitrogens with one attached hydrogen (secondary N) is 2. The van der Waals surface area contributed by atoms with Gasteiger partial charge >= 0.3 is 5.97 Å². The fourth-order valence-corrected chi connectivity index (χ4v) is 3.20. The van der Waals surface area contributed by atoms with Gasteiger partial charge in [0.15, 0.2) is 0 Å². The molecule has 128 valence electrons. The number of likely N-dealkylation sites (tertiary alicyclic amines) is 1. The number of benzene rings is 1. The van der Waals surface area contributed by atoms with E-state index in [1.54, 1.807) is 13.0 Å². The molecule has 0 aromatic heterocycles. The summed E-state index contributed by atoms with van der Waals surface area (Å²) in [6.45, 7) is 2.36. The molecular formula is C17H21N3O4. The van der Waals surface area contributed by atoms with Gasteiger partial charge in [-0.1, -0.05) is 12.1 Å². The highest BCUT2D eigenvalue weighted by molar-refractivity contribution is 6.02. The molecule has 0 saturated carbocycles. The van der Waals surface area contributed by atoms with E-state index in [2.05, 4.69) is 10.6 Å². The van der Waals surface area contributed by atoms with Crippen molar-refractivity contribution in [2.75, 3.05) is 25.0 Å². The van der Waals surface area contributed by atoms with Crippen LogP contribution < -0.4 is 10.6 Å². The minimum absolute atomic E-state index is 0.0483. The van der Waals surface area contributed by atoms with Gasteiger partial charge in [-0.15, -0.1) is 0 Å². The molecule has 1 aromatic rings. The summed E-state index contributed by atoms with van der Waals surface area (Å²) < 4.78 is 4.92. The van der Waals surface area contributed by atoms with Crippen molar-refractivity contribution in [1.29, 1.82) is 0 Å². The number of anilines is 1. The van der Waals surface area contributed by atoms with Crippen molar-refractivity contribution >= 4 is 23.5 Å². The van der Waals surface area contributed by atoms with Crippen LogP contribution in [0.25, 0.3) is 0 Å². The maximum Gasteiger partial charge on any atom is 0.325 e. The van der Waals surface area contributed by atoms with Gasteiger partial charge in [0.2, 0.25) is 5.91 Å². The first-order chi connectivity index (χ1) is 11.5. The van der Waals surface area contributed by atoms with E-state index < -0.39 is 11.6 Å². The second kappa shape index (κ2) is 6.51. The molecule has 24 heavy (non-hydrogen) atoms. The number of para-hydroxylation sites is 1. The van der Waals surface area contributed by atoms with Crippen molar-refractivity contribution < 1.29 is 19.1 Å². The average molecular weight is 331 g/mol. The van der Waals surface area contributed by atoms with Gasteiger partial charge in [0, 0.05) is 25.1 Å². The van der Waals surface area contributed by atoms with Crippen LogP contribution in [0.5, 0.6) is 0 Å². The lowest BCUT2D eigenvalue weighted by Crippen LogP contribution is -2.58. The Balaban J connectivity index is 1.74. The minimum Gasteiger partial charge on any atom is -0.465 e. The number of carbonyl (C=O) groups is 3. The zero-order valence-corrected chi connectivity index (χ0v) is 13.6. The summed E-state index contributed by atoms with van der Waals surface area (Å²) in [5, 5.41) is 6.38. The highest BCUT2D eigenvalue weighted by atomic mass is 16.5. The fourth-order valence-electron chi connectivity index (χ4n) is 3.20. The Bertz CT molecular complexity index is 676. The lowest BCUT2D eigenvalue weighted by Gasteiger charge is -2.39. The highest BCUT2D eigenvalue weighted by Crippen LogP contribution is 2.31. The van der Waals surface area contributed by atoms with Crippen LogP contribution in [-0.4, -0.2) is 48.0 Å². The van der Waals surface area contributed by atoms with Gasteiger partial charge in [0.1, 0.15) is 12.2 Å². The Morgan fingerprint density at radius 2 is 2.04 bits per heavy atom. The largest absolute Gasteiger partial charge is 0.465 e. The number of ether oxygens (including phenoxy) is 1. The van der Waals surface area contributed by atoms with Gasteiger partial charge in [0.25, 0.3) is 5.91 Å². The van der Waals surface area contributed by atoms with Crippen LogP contribution in [0.15, 0.2) is 24.3 Å². The lowest BCUT2D eigenvalue weighted by molar-refractivity contribution is -0.148. The molecule has 7 nitrogen and oxygen atoms in total. The zero-order chi connectivity index (χ0) is 17.2. The van der Waals surface area contributed by atoms with Crippen molar-refractivity contribution in [3.63, 3.8) is 0 Å². The number of hydrogen-bond acceptors (Lipinski definition) is 5. The van der Waals surface area contributed by atoms with Gasteiger partial charge in [0.05, 0.1) is 12.2 Å². The van der Waals surface area contributed by atoms with Gasteiger partial charge in [-0.3, -0.25) is 14.4 Å². The van der Waals surface area contributed by atoms with Crippen LogP contribution in [-0.2, 0) is 14.3 Å². The number of nitrogens with zero attached hydrogens (tertiary/aromatic N) is 1. The lowest BCUT2D eigenvalue weighted by atomic mass is 9.95. The molecule has 7 heteroatoms. The van der Waals surface area contributed by atoms with Crippen LogP contribution in [0.1, 0.15) is 36.5 Å². The summed E-state index contributed by atoms with van der Waals surface area (Å²) >= 11 is 0. The molecule has 2 heterocycles. The van der Waals surface area contributed by atoms with E-state index in [0.717, 1.165) is 5.69 Å². The Kier molecular flexibility index (Phi) is 4.42. The Labute approximate surface area is 140 Å². The van der Waals surface area contributed by atoms with Gasteiger partial charge < -0.3 is 20.3 Å². The summed E-state index contributed by atoms with van der Waals surface area (Å²) in [6, 6.07) is 7.31. The predicted octanol–water partition coefficient (Wildman–Crippen LogP) is 1.11. The average Bonchev–Trinajstić information content (AvgIpc) is 2.69. The quantitative estimate of drug-likeness (QED) is 0.810. The number of hydrogen-bond donors (Lipinski definition) is 2. The summed E-state index contributed by atoms with van der Waals surface area (Å²) in [6.07, 6.45) is 1.26. The maximum atomic E-state index is 12.4. The third-order valence-corrected chi connectivity index (χ3v) is 4.45. The number of amides is 2. The van der Waals surface area contributed by atoms with E-state index in [1.807, 2.05) is 18.2 Å². The standard InChI is InChI=1S/C17H21N3O4/c1-2-24-15(22)11-20-10-9-17(8-7-14(20)21)18-13-6-4-3-5-12(13)16(23)19-17/h3-6,18H,2,7-11H2,1H3,(H,19,23)/t17-/m1/s1. The molecule has 1 spiro atoms. The van der Waals surface area contributed by atoms with E-state index in [1.165, 1.54) is 4.90 Å². The normalized spacial score (nSPS) is 23.1. The molecule has 2 aliphatic heterocycles. The first kappa shape index (κ1) is 16.3. The topological polar surface area (TPSA) is 87.7 Å². The SMILES string of the molecule is CCOC(=O)CN1CC[C@@]2(CCC1=O)NC(=O)c1ccccc1N2. The van der Waals surface area contributed by atoms with Crippen LogP contribution in [0.2, 0.25) is 0 Å². The second-order valence-corrected chi connectivity index (χ2v) is 6.08. The number of fused-ring (bicyclic) bond motifs is 1. The summed E-state index contributed by atoms with van der Waals surface area (Å²) in [5.74, 6) is -0.654. The van der Waals surface area contributed by atoms with E-state index >= 15 is 0 Å². The van der Waals surface area contributed by atoms with Gasteiger partial charge in [-0.2, -0.15) is 0 Å². The zero-order valence-electron chi connectivity index (χ0n) is 13.6. The summed E-state index contributed by atoms with van der Waals surface area (Å²) in [7, 11) is 0. The van der Waals surface area contributed by atoms with Crippen molar-refractivity contribution in [1.82, 2.24) is 10.2 Å². The van der Waals surface area contributed by atoms with Crippen LogP contribution in [0.3, 0.4) is 0 Å². The van der Waals surface area contributed by atoms with Crippen molar-refractivity contribution in [2.45, 2.75) is 31.8 Å².